The second-order valence-electron chi connectivity index (χ2n) is 9.21. The van der Waals surface area contributed by atoms with Crippen LogP contribution in [-0.2, 0) is 4.79 Å². The molecule has 174 valence electrons. The summed E-state index contributed by atoms with van der Waals surface area (Å²) in [5.74, 6) is 1.85. The van der Waals surface area contributed by atoms with E-state index >= 15 is 0 Å². The summed E-state index contributed by atoms with van der Waals surface area (Å²) in [7, 11) is 2.17. The average molecular weight is 449 g/mol. The third kappa shape index (κ3) is 5.11. The van der Waals surface area contributed by atoms with Gasteiger partial charge < -0.3 is 19.9 Å². The first kappa shape index (κ1) is 21.7. The van der Waals surface area contributed by atoms with Crippen LogP contribution in [-0.4, -0.2) is 76.8 Å². The highest BCUT2D eigenvalue weighted by molar-refractivity contribution is 5.87. The van der Waals surface area contributed by atoms with E-state index in [1.165, 1.54) is 0 Å². The number of likely N-dealkylation sites (tertiary alicyclic amines) is 2. The third-order valence-electron chi connectivity index (χ3n) is 6.80. The van der Waals surface area contributed by atoms with Gasteiger partial charge in [0.25, 0.3) is 5.91 Å². The topological polar surface area (TPSA) is 86.4 Å². The van der Waals surface area contributed by atoms with Crippen LogP contribution >= 0.6 is 0 Å². The molecule has 8 heteroatoms. The Labute approximate surface area is 194 Å². The van der Waals surface area contributed by atoms with Gasteiger partial charge in [0, 0.05) is 30.7 Å². The van der Waals surface area contributed by atoms with Crippen LogP contribution in [0.5, 0.6) is 5.75 Å². The monoisotopic (exact) mass is 448 g/mol. The predicted octanol–water partition coefficient (Wildman–Crippen LogP) is 3.25. The molecule has 0 radical (unpaired) electrons. The Bertz CT molecular complexity index is 1080. The first-order chi connectivity index (χ1) is 16.2. The standard InChI is InChI=1S/C25H32N6O2/c1-30-14-11-19(12-15-30)26-24-21-9-10-22(27-25(21)29-28-24)18-6-5-13-31(16-18)23(32)17-33-20-7-3-2-4-8-20/h2-4,7-10,18-19H,5-6,11-17H2,1H3,(H2,26,27,28,29)/t18-/m0/s1. The molecule has 0 aliphatic carbocycles. The van der Waals surface area contributed by atoms with Gasteiger partial charge in [0.2, 0.25) is 0 Å². The van der Waals surface area contributed by atoms with Crippen molar-refractivity contribution in [3.05, 3.63) is 48.2 Å². The number of anilines is 1. The highest BCUT2D eigenvalue weighted by atomic mass is 16.5. The van der Waals surface area contributed by atoms with E-state index in [-0.39, 0.29) is 18.4 Å². The van der Waals surface area contributed by atoms with Crippen LogP contribution in [0.3, 0.4) is 0 Å². The summed E-state index contributed by atoms with van der Waals surface area (Å²) in [5, 5.41) is 12.2. The summed E-state index contributed by atoms with van der Waals surface area (Å²) in [6.45, 7) is 3.72. The van der Waals surface area contributed by atoms with Crippen molar-refractivity contribution in [2.45, 2.75) is 37.6 Å². The number of H-pyrrole nitrogens is 1. The molecule has 1 atom stereocenters. The van der Waals surface area contributed by atoms with E-state index in [2.05, 4.69) is 39.6 Å². The average Bonchev–Trinajstić information content (AvgIpc) is 3.26. The lowest BCUT2D eigenvalue weighted by molar-refractivity contribution is -0.134. The number of hydrogen-bond acceptors (Lipinski definition) is 6. The molecule has 2 fully saturated rings. The lowest BCUT2D eigenvalue weighted by Gasteiger charge is -2.32. The van der Waals surface area contributed by atoms with E-state index in [1.54, 1.807) is 0 Å². The molecule has 33 heavy (non-hydrogen) atoms. The molecule has 2 aliphatic rings. The van der Waals surface area contributed by atoms with E-state index in [0.717, 1.165) is 73.6 Å². The van der Waals surface area contributed by atoms with Crippen molar-refractivity contribution in [1.29, 1.82) is 0 Å². The zero-order valence-electron chi connectivity index (χ0n) is 19.2. The van der Waals surface area contributed by atoms with Crippen LogP contribution in [0, 0.1) is 0 Å². The Morgan fingerprint density at radius 1 is 1.12 bits per heavy atom. The number of nitrogens with zero attached hydrogens (tertiary/aromatic N) is 4. The molecule has 2 aromatic heterocycles. The lowest BCUT2D eigenvalue weighted by Crippen LogP contribution is -2.41. The highest BCUT2D eigenvalue weighted by Crippen LogP contribution is 2.29. The van der Waals surface area contributed by atoms with Crippen molar-refractivity contribution in [2.75, 3.05) is 45.2 Å². The summed E-state index contributed by atoms with van der Waals surface area (Å²) in [5.41, 5.74) is 1.82. The molecule has 8 nitrogen and oxygen atoms in total. The second-order valence-corrected chi connectivity index (χ2v) is 9.21. The number of hydrogen-bond donors (Lipinski definition) is 2. The van der Waals surface area contributed by atoms with Gasteiger partial charge in [-0.05, 0) is 70.1 Å². The second kappa shape index (κ2) is 9.79. The van der Waals surface area contributed by atoms with E-state index < -0.39 is 0 Å². The van der Waals surface area contributed by atoms with Crippen LogP contribution in [0.4, 0.5) is 5.82 Å². The van der Waals surface area contributed by atoms with E-state index in [4.69, 9.17) is 9.72 Å². The molecule has 2 saturated heterocycles. The van der Waals surface area contributed by atoms with E-state index in [0.29, 0.717) is 12.6 Å². The number of pyridine rings is 1. The minimum atomic E-state index is 0.0239. The van der Waals surface area contributed by atoms with Gasteiger partial charge in [-0.25, -0.2) is 4.98 Å². The fourth-order valence-corrected chi connectivity index (χ4v) is 4.80. The van der Waals surface area contributed by atoms with Gasteiger partial charge in [0.1, 0.15) is 5.75 Å². The van der Waals surface area contributed by atoms with Crippen molar-refractivity contribution >= 4 is 22.8 Å². The normalized spacial score (nSPS) is 20.2. The van der Waals surface area contributed by atoms with Crippen LogP contribution < -0.4 is 10.1 Å². The number of aromatic nitrogens is 3. The predicted molar refractivity (Wildman–Crippen MR) is 129 cm³/mol. The first-order valence-corrected chi connectivity index (χ1v) is 11.9. The molecule has 2 N–H and O–H groups in total. The number of para-hydroxylation sites is 1. The first-order valence-electron chi connectivity index (χ1n) is 11.9. The zero-order chi connectivity index (χ0) is 22.6. The molecule has 1 aromatic carbocycles. The van der Waals surface area contributed by atoms with Crippen LogP contribution in [0.25, 0.3) is 11.0 Å². The van der Waals surface area contributed by atoms with Gasteiger partial charge in [-0.1, -0.05) is 18.2 Å². The fraction of sp³-hybridized carbons (Fsp3) is 0.480. The maximum absolute atomic E-state index is 12.7. The van der Waals surface area contributed by atoms with Crippen LogP contribution in [0.2, 0.25) is 0 Å². The van der Waals surface area contributed by atoms with E-state index in [1.807, 2.05) is 35.2 Å². The highest BCUT2D eigenvalue weighted by Gasteiger charge is 2.26. The van der Waals surface area contributed by atoms with Crippen LogP contribution in [0.15, 0.2) is 42.5 Å². The molecule has 3 aromatic rings. The number of carbonyl (C=O) groups is 1. The summed E-state index contributed by atoms with van der Waals surface area (Å²) in [4.78, 5) is 21.9. The number of piperidine rings is 2. The van der Waals surface area contributed by atoms with Crippen molar-refractivity contribution in [3.8, 4) is 5.75 Å². The number of benzene rings is 1. The number of fused-ring (bicyclic) bond motifs is 1. The number of nitrogens with one attached hydrogen (secondary N) is 2. The van der Waals surface area contributed by atoms with Crippen molar-refractivity contribution in [1.82, 2.24) is 25.0 Å². The maximum Gasteiger partial charge on any atom is 0.260 e. The Hall–Kier alpha value is -3.13. The molecular formula is C25H32N6O2. The molecule has 0 unspecified atom stereocenters. The van der Waals surface area contributed by atoms with Gasteiger partial charge in [0.15, 0.2) is 18.1 Å². The van der Waals surface area contributed by atoms with Gasteiger partial charge >= 0.3 is 0 Å². The minimum absolute atomic E-state index is 0.0239. The zero-order valence-corrected chi connectivity index (χ0v) is 19.2. The Balaban J connectivity index is 1.22. The molecule has 4 heterocycles. The fourth-order valence-electron chi connectivity index (χ4n) is 4.80. The molecule has 0 saturated carbocycles. The summed E-state index contributed by atoms with van der Waals surface area (Å²) < 4.78 is 5.66. The smallest absolute Gasteiger partial charge is 0.260 e. The molecule has 5 rings (SSSR count). The number of aromatic amines is 1. The van der Waals surface area contributed by atoms with Gasteiger partial charge in [-0.15, -0.1) is 0 Å². The van der Waals surface area contributed by atoms with Gasteiger partial charge in [0.05, 0.1) is 5.39 Å². The number of ether oxygens (including phenoxy) is 1. The number of rotatable bonds is 6. The summed E-state index contributed by atoms with van der Waals surface area (Å²) in [6, 6.07) is 14.1. The van der Waals surface area contributed by atoms with Crippen molar-refractivity contribution in [2.24, 2.45) is 0 Å². The number of carbonyl (C=O) groups excluding carboxylic acids is 1. The molecule has 2 aliphatic heterocycles. The number of amides is 1. The Morgan fingerprint density at radius 2 is 1.94 bits per heavy atom. The Kier molecular flexibility index (Phi) is 6.44. The third-order valence-corrected chi connectivity index (χ3v) is 6.80. The maximum atomic E-state index is 12.7. The van der Waals surface area contributed by atoms with E-state index in [9.17, 15) is 4.79 Å². The Morgan fingerprint density at radius 3 is 2.76 bits per heavy atom. The molecule has 0 bridgehead atoms. The molecule has 0 spiro atoms. The summed E-state index contributed by atoms with van der Waals surface area (Å²) in [6.07, 6.45) is 4.23. The van der Waals surface area contributed by atoms with Gasteiger partial charge in [-0.2, -0.15) is 5.10 Å². The molecule has 1 amide bonds. The van der Waals surface area contributed by atoms with Crippen molar-refractivity contribution < 1.29 is 9.53 Å². The SMILES string of the molecule is CN1CCC(Nc2n[nH]c3nc([C@H]4CCCN(C(=O)COc5ccccc5)C4)ccc23)CC1. The van der Waals surface area contributed by atoms with Crippen LogP contribution in [0.1, 0.15) is 37.3 Å². The quantitative estimate of drug-likeness (QED) is 0.602. The lowest BCUT2D eigenvalue weighted by atomic mass is 9.94. The van der Waals surface area contributed by atoms with Crippen molar-refractivity contribution in [3.63, 3.8) is 0 Å². The molecular weight excluding hydrogens is 416 g/mol. The largest absolute Gasteiger partial charge is 0.484 e. The summed E-state index contributed by atoms with van der Waals surface area (Å²) >= 11 is 0. The van der Waals surface area contributed by atoms with Gasteiger partial charge in [-0.3, -0.25) is 9.89 Å². The minimum Gasteiger partial charge on any atom is -0.484 e.